The maximum absolute atomic E-state index is 11.8. The summed E-state index contributed by atoms with van der Waals surface area (Å²) in [5, 5.41) is 3.43. The molecule has 5 heteroatoms. The van der Waals surface area contributed by atoms with Gasteiger partial charge >= 0.3 is 0 Å². The van der Waals surface area contributed by atoms with Crippen molar-refractivity contribution in [2.45, 2.75) is 17.9 Å². The van der Waals surface area contributed by atoms with Gasteiger partial charge in [-0.2, -0.15) is 0 Å². The van der Waals surface area contributed by atoms with Crippen molar-refractivity contribution in [2.24, 2.45) is 0 Å². The van der Waals surface area contributed by atoms with Gasteiger partial charge in [0.15, 0.2) is 9.84 Å². The van der Waals surface area contributed by atoms with Crippen molar-refractivity contribution in [3.05, 3.63) is 29.3 Å². The Bertz CT molecular complexity index is 414. The van der Waals surface area contributed by atoms with Crippen molar-refractivity contribution in [3.63, 3.8) is 0 Å². The van der Waals surface area contributed by atoms with Crippen molar-refractivity contribution < 1.29 is 8.42 Å². The third kappa shape index (κ3) is 3.48. The van der Waals surface area contributed by atoms with Crippen LogP contribution in [-0.2, 0) is 9.84 Å². The van der Waals surface area contributed by atoms with Gasteiger partial charge in [-0.25, -0.2) is 8.42 Å². The van der Waals surface area contributed by atoms with E-state index in [2.05, 4.69) is 5.32 Å². The summed E-state index contributed by atoms with van der Waals surface area (Å²) < 4.78 is 23.7. The SMILES string of the molecule is CNC(C)CS(=O)(=O)c1ccc(Cl)cc1. The highest BCUT2D eigenvalue weighted by Gasteiger charge is 2.17. The molecule has 0 radical (unpaired) electrons. The summed E-state index contributed by atoms with van der Waals surface area (Å²) in [6, 6.07) is 6.16. The molecule has 1 unspecified atom stereocenters. The Balaban J connectivity index is 2.91. The highest BCUT2D eigenvalue weighted by molar-refractivity contribution is 7.91. The first-order chi connectivity index (χ1) is 6.95. The molecule has 0 aromatic heterocycles. The Morgan fingerprint density at radius 1 is 1.33 bits per heavy atom. The number of nitrogens with one attached hydrogen (secondary N) is 1. The maximum Gasteiger partial charge on any atom is 0.179 e. The van der Waals surface area contributed by atoms with Crippen LogP contribution in [0.3, 0.4) is 0 Å². The van der Waals surface area contributed by atoms with Gasteiger partial charge in [0.2, 0.25) is 0 Å². The third-order valence-corrected chi connectivity index (χ3v) is 4.32. The molecule has 0 heterocycles. The molecule has 0 aliphatic heterocycles. The molecule has 1 N–H and O–H groups in total. The molecule has 1 aromatic rings. The van der Waals surface area contributed by atoms with E-state index in [0.717, 1.165) is 0 Å². The molecule has 0 aliphatic rings. The van der Waals surface area contributed by atoms with Gasteiger partial charge in [-0.1, -0.05) is 11.6 Å². The van der Waals surface area contributed by atoms with Crippen LogP contribution >= 0.6 is 11.6 Å². The molecular formula is C10H14ClNO2S. The Morgan fingerprint density at radius 3 is 2.33 bits per heavy atom. The molecule has 0 bridgehead atoms. The van der Waals surface area contributed by atoms with Crippen LogP contribution in [0.2, 0.25) is 5.02 Å². The molecule has 0 saturated heterocycles. The van der Waals surface area contributed by atoms with Gasteiger partial charge in [-0.15, -0.1) is 0 Å². The summed E-state index contributed by atoms with van der Waals surface area (Å²) in [7, 11) is -1.47. The Kier molecular flexibility index (Phi) is 4.13. The highest BCUT2D eigenvalue weighted by atomic mass is 35.5. The van der Waals surface area contributed by atoms with Crippen LogP contribution in [0, 0.1) is 0 Å². The molecule has 15 heavy (non-hydrogen) atoms. The minimum absolute atomic E-state index is 0.0642. The van der Waals surface area contributed by atoms with Crippen molar-refractivity contribution in [2.75, 3.05) is 12.8 Å². The molecule has 3 nitrogen and oxygen atoms in total. The van der Waals surface area contributed by atoms with E-state index in [4.69, 9.17) is 11.6 Å². The zero-order valence-corrected chi connectivity index (χ0v) is 10.3. The van der Waals surface area contributed by atoms with Gasteiger partial charge < -0.3 is 5.32 Å². The Labute approximate surface area is 95.4 Å². The average Bonchev–Trinajstić information content (AvgIpc) is 2.17. The number of rotatable bonds is 4. The fraction of sp³-hybridized carbons (Fsp3) is 0.400. The van der Waals surface area contributed by atoms with Crippen LogP contribution in [0.1, 0.15) is 6.92 Å². The first-order valence-electron chi connectivity index (χ1n) is 4.61. The van der Waals surface area contributed by atoms with E-state index < -0.39 is 9.84 Å². The fourth-order valence-corrected chi connectivity index (χ4v) is 2.84. The van der Waals surface area contributed by atoms with E-state index >= 15 is 0 Å². The smallest absolute Gasteiger partial charge is 0.179 e. The predicted octanol–water partition coefficient (Wildman–Crippen LogP) is 1.72. The average molecular weight is 248 g/mol. The van der Waals surface area contributed by atoms with Crippen molar-refractivity contribution in [3.8, 4) is 0 Å². The second kappa shape index (κ2) is 4.96. The number of sulfone groups is 1. The summed E-state index contributed by atoms with van der Waals surface area (Å²) in [6.45, 7) is 1.83. The highest BCUT2D eigenvalue weighted by Crippen LogP contribution is 2.15. The topological polar surface area (TPSA) is 46.2 Å². The van der Waals surface area contributed by atoms with Gasteiger partial charge in [0, 0.05) is 11.1 Å². The quantitative estimate of drug-likeness (QED) is 0.881. The number of halogens is 1. The van der Waals surface area contributed by atoms with Gasteiger partial charge in [-0.3, -0.25) is 0 Å². The molecule has 0 spiro atoms. The minimum Gasteiger partial charge on any atom is -0.316 e. The molecule has 1 atom stereocenters. The largest absolute Gasteiger partial charge is 0.316 e. The van der Waals surface area contributed by atoms with Crippen LogP contribution in [0.4, 0.5) is 0 Å². The molecular weight excluding hydrogens is 234 g/mol. The molecule has 84 valence electrons. The number of hydrogen-bond donors (Lipinski definition) is 1. The maximum atomic E-state index is 11.8. The van der Waals surface area contributed by atoms with E-state index in [9.17, 15) is 8.42 Å². The van der Waals surface area contributed by atoms with Gasteiger partial charge in [0.05, 0.1) is 10.6 Å². The van der Waals surface area contributed by atoms with E-state index in [0.29, 0.717) is 9.92 Å². The lowest BCUT2D eigenvalue weighted by atomic mass is 10.4. The molecule has 0 amide bonds. The van der Waals surface area contributed by atoms with Crippen LogP contribution in [0.25, 0.3) is 0 Å². The van der Waals surface area contributed by atoms with Crippen molar-refractivity contribution in [1.29, 1.82) is 0 Å². The van der Waals surface area contributed by atoms with E-state index in [1.807, 2.05) is 6.92 Å². The van der Waals surface area contributed by atoms with E-state index in [1.54, 1.807) is 19.2 Å². The van der Waals surface area contributed by atoms with Crippen LogP contribution in [-0.4, -0.2) is 27.3 Å². The fourth-order valence-electron chi connectivity index (χ4n) is 1.15. The summed E-state index contributed by atoms with van der Waals surface area (Å²) in [6.07, 6.45) is 0. The van der Waals surface area contributed by atoms with Crippen LogP contribution in [0.15, 0.2) is 29.2 Å². The predicted molar refractivity (Wildman–Crippen MR) is 62.0 cm³/mol. The van der Waals surface area contributed by atoms with Crippen molar-refractivity contribution in [1.82, 2.24) is 5.32 Å². The third-order valence-electron chi connectivity index (χ3n) is 2.13. The standard InChI is InChI=1S/C10H14ClNO2S/c1-8(12-2)7-15(13,14)10-5-3-9(11)4-6-10/h3-6,8,12H,7H2,1-2H3. The molecule has 0 saturated carbocycles. The zero-order chi connectivity index (χ0) is 11.5. The molecule has 0 aliphatic carbocycles. The lowest BCUT2D eigenvalue weighted by molar-refractivity contribution is 0.578. The van der Waals surface area contributed by atoms with Crippen molar-refractivity contribution >= 4 is 21.4 Å². The van der Waals surface area contributed by atoms with E-state index in [-0.39, 0.29) is 11.8 Å². The second-order valence-electron chi connectivity index (χ2n) is 3.43. The van der Waals surface area contributed by atoms with Crippen LogP contribution < -0.4 is 5.32 Å². The van der Waals surface area contributed by atoms with Gasteiger partial charge in [0.1, 0.15) is 0 Å². The second-order valence-corrected chi connectivity index (χ2v) is 5.90. The van der Waals surface area contributed by atoms with Gasteiger partial charge in [-0.05, 0) is 38.2 Å². The summed E-state index contributed by atoms with van der Waals surface area (Å²) >= 11 is 5.69. The van der Waals surface area contributed by atoms with E-state index in [1.165, 1.54) is 12.1 Å². The summed E-state index contributed by atoms with van der Waals surface area (Å²) in [5.41, 5.74) is 0. The lowest BCUT2D eigenvalue weighted by Crippen LogP contribution is -2.29. The summed E-state index contributed by atoms with van der Waals surface area (Å²) in [4.78, 5) is 0.314. The summed E-state index contributed by atoms with van der Waals surface area (Å²) in [5.74, 6) is 0.0884. The Hall–Kier alpha value is -0.580. The van der Waals surface area contributed by atoms with Crippen LogP contribution in [0.5, 0.6) is 0 Å². The Morgan fingerprint density at radius 2 is 1.87 bits per heavy atom. The first-order valence-corrected chi connectivity index (χ1v) is 6.64. The lowest BCUT2D eigenvalue weighted by Gasteiger charge is -2.10. The molecule has 1 aromatic carbocycles. The number of benzene rings is 1. The number of hydrogen-bond acceptors (Lipinski definition) is 3. The monoisotopic (exact) mass is 247 g/mol. The zero-order valence-electron chi connectivity index (χ0n) is 8.70. The molecule has 0 fully saturated rings. The van der Waals surface area contributed by atoms with Gasteiger partial charge in [0.25, 0.3) is 0 Å². The minimum atomic E-state index is -3.21. The molecule has 1 rings (SSSR count). The normalized spacial score (nSPS) is 13.8. The first kappa shape index (κ1) is 12.5.